The van der Waals surface area contributed by atoms with Gasteiger partial charge in [-0.2, -0.15) is 0 Å². The number of rotatable bonds is 6. The molecule has 0 unspecified atom stereocenters. The van der Waals surface area contributed by atoms with Crippen molar-refractivity contribution in [3.63, 3.8) is 0 Å². The molecule has 0 bridgehead atoms. The SMILES string of the molecule is Cc1cccc(NC(=O)COc2ccc(Br)cc2/C=C2/C(=O)NC(=O)N(c3ccc(O)cc3)C2=O)c1C. The van der Waals surface area contributed by atoms with Gasteiger partial charge in [0.05, 0.1) is 5.69 Å². The first-order valence-corrected chi connectivity index (χ1v) is 11.9. The first kappa shape index (κ1) is 25.6. The molecular formula is C27H22BrN3O6. The van der Waals surface area contributed by atoms with Gasteiger partial charge in [0, 0.05) is 15.7 Å². The van der Waals surface area contributed by atoms with E-state index in [1.807, 2.05) is 26.0 Å². The van der Waals surface area contributed by atoms with Crippen LogP contribution in [0.2, 0.25) is 0 Å². The fourth-order valence-electron chi connectivity index (χ4n) is 3.63. The zero-order valence-electron chi connectivity index (χ0n) is 19.9. The maximum Gasteiger partial charge on any atom is 0.335 e. The van der Waals surface area contributed by atoms with Gasteiger partial charge in [0.15, 0.2) is 6.61 Å². The summed E-state index contributed by atoms with van der Waals surface area (Å²) in [6.07, 6.45) is 1.29. The molecular weight excluding hydrogens is 542 g/mol. The molecule has 0 saturated carbocycles. The van der Waals surface area contributed by atoms with E-state index in [1.165, 1.54) is 30.3 Å². The van der Waals surface area contributed by atoms with E-state index in [2.05, 4.69) is 26.6 Å². The number of amides is 5. The second kappa shape index (κ2) is 10.7. The summed E-state index contributed by atoms with van der Waals surface area (Å²) in [5.41, 5.74) is 2.86. The van der Waals surface area contributed by atoms with E-state index in [4.69, 9.17) is 4.74 Å². The molecule has 0 atom stereocenters. The molecule has 5 amide bonds. The average molecular weight is 564 g/mol. The lowest BCUT2D eigenvalue weighted by Crippen LogP contribution is -2.54. The van der Waals surface area contributed by atoms with Crippen molar-refractivity contribution in [2.45, 2.75) is 13.8 Å². The van der Waals surface area contributed by atoms with E-state index in [1.54, 1.807) is 24.3 Å². The van der Waals surface area contributed by atoms with Crippen LogP contribution in [0.3, 0.4) is 0 Å². The second-order valence-corrected chi connectivity index (χ2v) is 9.16. The van der Waals surface area contributed by atoms with Crippen molar-refractivity contribution < 1.29 is 29.0 Å². The normalized spacial score (nSPS) is 14.5. The van der Waals surface area contributed by atoms with Gasteiger partial charge in [-0.25, -0.2) is 9.69 Å². The Bertz CT molecular complexity index is 1450. The minimum atomic E-state index is -0.910. The van der Waals surface area contributed by atoms with Crippen molar-refractivity contribution in [1.29, 1.82) is 0 Å². The Labute approximate surface area is 220 Å². The van der Waals surface area contributed by atoms with Crippen LogP contribution in [-0.4, -0.2) is 35.5 Å². The second-order valence-electron chi connectivity index (χ2n) is 8.24. The Morgan fingerprint density at radius 1 is 1.08 bits per heavy atom. The molecule has 1 fully saturated rings. The van der Waals surface area contributed by atoms with Crippen LogP contribution >= 0.6 is 15.9 Å². The average Bonchev–Trinajstić information content (AvgIpc) is 2.85. The molecule has 3 aromatic carbocycles. The maximum atomic E-state index is 13.2. The van der Waals surface area contributed by atoms with Crippen LogP contribution in [0.1, 0.15) is 16.7 Å². The van der Waals surface area contributed by atoms with Crippen LogP contribution in [0.4, 0.5) is 16.2 Å². The van der Waals surface area contributed by atoms with E-state index in [-0.39, 0.29) is 35.3 Å². The standard InChI is InChI=1S/C27H22BrN3O6/c1-15-4-3-5-22(16(15)2)29-24(33)14-37-23-11-6-18(28)12-17(23)13-21-25(34)30-27(36)31(26(21)35)19-7-9-20(32)10-8-19/h3-13,32H,14H2,1-2H3,(H,29,33)(H,30,34,36)/b21-13-. The largest absolute Gasteiger partial charge is 0.508 e. The summed E-state index contributed by atoms with van der Waals surface area (Å²) >= 11 is 3.36. The number of hydrogen-bond donors (Lipinski definition) is 3. The Balaban J connectivity index is 1.58. The summed E-state index contributed by atoms with van der Waals surface area (Å²) in [6.45, 7) is 3.54. The summed E-state index contributed by atoms with van der Waals surface area (Å²) in [5.74, 6) is -1.90. The lowest BCUT2D eigenvalue weighted by Gasteiger charge is -2.26. The third kappa shape index (κ3) is 5.70. The van der Waals surface area contributed by atoms with Gasteiger partial charge < -0.3 is 15.2 Å². The topological polar surface area (TPSA) is 125 Å². The Hall–Kier alpha value is -4.44. The van der Waals surface area contributed by atoms with E-state index < -0.39 is 17.8 Å². The predicted molar refractivity (Wildman–Crippen MR) is 141 cm³/mol. The lowest BCUT2D eigenvalue weighted by molar-refractivity contribution is -0.122. The van der Waals surface area contributed by atoms with E-state index >= 15 is 0 Å². The number of carbonyl (C=O) groups excluding carboxylic acids is 4. The summed E-state index contributed by atoms with van der Waals surface area (Å²) in [7, 11) is 0. The van der Waals surface area contributed by atoms with Crippen LogP contribution in [-0.2, 0) is 14.4 Å². The van der Waals surface area contributed by atoms with Gasteiger partial charge >= 0.3 is 6.03 Å². The molecule has 9 nitrogen and oxygen atoms in total. The van der Waals surface area contributed by atoms with Gasteiger partial charge in [-0.15, -0.1) is 0 Å². The molecule has 37 heavy (non-hydrogen) atoms. The van der Waals surface area contributed by atoms with Gasteiger partial charge in [0.1, 0.15) is 17.1 Å². The number of barbiturate groups is 1. The summed E-state index contributed by atoms with van der Waals surface area (Å²) < 4.78 is 6.37. The highest BCUT2D eigenvalue weighted by atomic mass is 79.9. The molecule has 3 N–H and O–H groups in total. The van der Waals surface area contributed by atoms with Gasteiger partial charge in [-0.1, -0.05) is 28.1 Å². The number of halogens is 1. The summed E-state index contributed by atoms with van der Waals surface area (Å²) in [4.78, 5) is 51.5. The molecule has 0 aliphatic carbocycles. The van der Waals surface area contributed by atoms with Crippen LogP contribution in [0.15, 0.2) is 70.7 Å². The van der Waals surface area contributed by atoms with Crippen molar-refractivity contribution in [2.24, 2.45) is 0 Å². The Kier molecular flexibility index (Phi) is 7.40. The highest BCUT2D eigenvalue weighted by Gasteiger charge is 2.37. The third-order valence-corrected chi connectivity index (χ3v) is 6.21. The molecule has 10 heteroatoms. The monoisotopic (exact) mass is 563 g/mol. The predicted octanol–water partition coefficient (Wildman–Crippen LogP) is 4.46. The zero-order valence-corrected chi connectivity index (χ0v) is 21.5. The molecule has 188 valence electrons. The van der Waals surface area contributed by atoms with Crippen molar-refractivity contribution in [3.05, 3.63) is 87.4 Å². The van der Waals surface area contributed by atoms with Crippen molar-refractivity contribution in [1.82, 2.24) is 5.32 Å². The van der Waals surface area contributed by atoms with E-state index in [0.29, 0.717) is 15.7 Å². The van der Waals surface area contributed by atoms with Gasteiger partial charge in [-0.05, 0) is 79.6 Å². The number of carbonyl (C=O) groups is 4. The van der Waals surface area contributed by atoms with Crippen LogP contribution in [0, 0.1) is 13.8 Å². The smallest absolute Gasteiger partial charge is 0.335 e. The minimum absolute atomic E-state index is 0.0435. The number of hydrogen-bond acceptors (Lipinski definition) is 6. The van der Waals surface area contributed by atoms with Gasteiger partial charge in [-0.3, -0.25) is 19.7 Å². The number of nitrogens with one attached hydrogen (secondary N) is 2. The van der Waals surface area contributed by atoms with Crippen molar-refractivity contribution in [2.75, 3.05) is 16.8 Å². The number of phenols is 1. The molecule has 0 spiro atoms. The van der Waals surface area contributed by atoms with Crippen LogP contribution in [0.25, 0.3) is 6.08 Å². The van der Waals surface area contributed by atoms with E-state index in [9.17, 15) is 24.3 Å². The molecule has 3 aromatic rings. The highest BCUT2D eigenvalue weighted by Crippen LogP contribution is 2.29. The molecule has 0 radical (unpaired) electrons. The molecule has 1 aliphatic rings. The number of anilines is 2. The van der Waals surface area contributed by atoms with Crippen molar-refractivity contribution >= 4 is 57.1 Å². The minimum Gasteiger partial charge on any atom is -0.508 e. The maximum absolute atomic E-state index is 13.2. The fraction of sp³-hybridized carbons (Fsp3) is 0.111. The quantitative estimate of drug-likeness (QED) is 0.300. The summed E-state index contributed by atoms with van der Waals surface area (Å²) in [6, 6.07) is 15.0. The number of urea groups is 1. The number of phenolic OH excluding ortho intramolecular Hbond substituents is 1. The Morgan fingerprint density at radius 2 is 1.81 bits per heavy atom. The molecule has 1 heterocycles. The molecule has 4 rings (SSSR count). The number of nitrogens with zero attached hydrogens (tertiary/aromatic N) is 1. The van der Waals surface area contributed by atoms with Crippen molar-refractivity contribution in [3.8, 4) is 11.5 Å². The van der Waals surface area contributed by atoms with E-state index in [0.717, 1.165) is 16.0 Å². The number of benzene rings is 3. The lowest BCUT2D eigenvalue weighted by atomic mass is 10.1. The fourth-order valence-corrected chi connectivity index (χ4v) is 4.01. The number of imide groups is 2. The third-order valence-electron chi connectivity index (χ3n) is 5.72. The first-order valence-electron chi connectivity index (χ1n) is 11.1. The molecule has 1 saturated heterocycles. The molecule has 0 aromatic heterocycles. The highest BCUT2D eigenvalue weighted by molar-refractivity contribution is 9.10. The first-order chi connectivity index (χ1) is 17.6. The summed E-state index contributed by atoms with van der Waals surface area (Å²) in [5, 5.41) is 14.5. The number of aromatic hydroxyl groups is 1. The zero-order chi connectivity index (χ0) is 26.7. The number of ether oxygens (including phenoxy) is 1. The Morgan fingerprint density at radius 3 is 2.54 bits per heavy atom. The van der Waals surface area contributed by atoms with Gasteiger partial charge in [0.2, 0.25) is 0 Å². The van der Waals surface area contributed by atoms with Crippen LogP contribution < -0.4 is 20.3 Å². The molecule has 1 aliphatic heterocycles. The number of aryl methyl sites for hydroxylation is 1. The van der Waals surface area contributed by atoms with Gasteiger partial charge in [0.25, 0.3) is 17.7 Å². The van der Waals surface area contributed by atoms with Crippen LogP contribution in [0.5, 0.6) is 11.5 Å².